The van der Waals surface area contributed by atoms with Gasteiger partial charge in [0.25, 0.3) is 0 Å². The van der Waals surface area contributed by atoms with E-state index in [1.165, 1.54) is 0 Å². The monoisotopic (exact) mass is 365 g/mol. The SMILES string of the molecule is OCCC1CN(c2nccc(-c3ccccn3)n2)CCN1Cc1ccoc1. The molecule has 0 amide bonds. The molecule has 1 atom stereocenters. The zero-order valence-electron chi connectivity index (χ0n) is 15.1. The van der Waals surface area contributed by atoms with Crippen molar-refractivity contribution in [2.45, 2.75) is 19.0 Å². The second-order valence-corrected chi connectivity index (χ2v) is 6.67. The smallest absolute Gasteiger partial charge is 0.226 e. The van der Waals surface area contributed by atoms with E-state index in [1.54, 1.807) is 24.9 Å². The Bertz CT molecular complexity index is 841. The van der Waals surface area contributed by atoms with Crippen molar-refractivity contribution < 1.29 is 9.52 Å². The van der Waals surface area contributed by atoms with Crippen molar-refractivity contribution >= 4 is 5.95 Å². The predicted octanol–water partition coefficient (Wildman–Crippen LogP) is 2.20. The summed E-state index contributed by atoms with van der Waals surface area (Å²) < 4.78 is 5.18. The van der Waals surface area contributed by atoms with Crippen LogP contribution in [0.15, 0.2) is 59.7 Å². The van der Waals surface area contributed by atoms with Gasteiger partial charge in [-0.05, 0) is 30.7 Å². The lowest BCUT2D eigenvalue weighted by atomic mass is 10.1. The van der Waals surface area contributed by atoms with E-state index in [9.17, 15) is 5.11 Å². The number of aliphatic hydroxyl groups is 1. The van der Waals surface area contributed by atoms with Gasteiger partial charge in [0.2, 0.25) is 5.95 Å². The standard InChI is InChI=1S/C20H23N5O2/c26-11-5-17-14-25(10-9-24(17)13-16-6-12-27-15-16)20-22-8-4-19(23-20)18-3-1-2-7-21-18/h1-4,6-8,12,15,17,26H,5,9-11,13-14H2. The van der Waals surface area contributed by atoms with Crippen molar-refractivity contribution in [2.24, 2.45) is 0 Å². The Morgan fingerprint density at radius 1 is 1.07 bits per heavy atom. The average Bonchev–Trinajstić information content (AvgIpc) is 3.23. The minimum Gasteiger partial charge on any atom is -0.472 e. The second kappa shape index (κ2) is 8.28. The Hall–Kier alpha value is -2.77. The lowest BCUT2D eigenvalue weighted by Gasteiger charge is -2.41. The van der Waals surface area contributed by atoms with Crippen LogP contribution >= 0.6 is 0 Å². The van der Waals surface area contributed by atoms with Gasteiger partial charge in [-0.25, -0.2) is 9.97 Å². The molecular weight excluding hydrogens is 342 g/mol. The number of piperazine rings is 1. The summed E-state index contributed by atoms with van der Waals surface area (Å²) in [7, 11) is 0. The first-order valence-corrected chi connectivity index (χ1v) is 9.19. The van der Waals surface area contributed by atoms with E-state index < -0.39 is 0 Å². The van der Waals surface area contributed by atoms with Crippen molar-refractivity contribution in [1.29, 1.82) is 0 Å². The third kappa shape index (κ3) is 4.15. The number of pyridine rings is 1. The van der Waals surface area contributed by atoms with Crippen LogP contribution in [0.25, 0.3) is 11.4 Å². The van der Waals surface area contributed by atoms with Crippen LogP contribution in [0.3, 0.4) is 0 Å². The summed E-state index contributed by atoms with van der Waals surface area (Å²) in [5, 5.41) is 9.51. The molecule has 1 saturated heterocycles. The number of aromatic nitrogens is 3. The topological polar surface area (TPSA) is 78.5 Å². The fourth-order valence-electron chi connectivity index (χ4n) is 3.48. The molecule has 1 aliphatic heterocycles. The summed E-state index contributed by atoms with van der Waals surface area (Å²) >= 11 is 0. The molecule has 3 aromatic rings. The molecule has 27 heavy (non-hydrogen) atoms. The highest BCUT2D eigenvalue weighted by atomic mass is 16.3. The van der Waals surface area contributed by atoms with Gasteiger partial charge in [0.1, 0.15) is 0 Å². The molecule has 0 radical (unpaired) electrons. The van der Waals surface area contributed by atoms with Crippen molar-refractivity contribution in [1.82, 2.24) is 19.9 Å². The van der Waals surface area contributed by atoms with E-state index >= 15 is 0 Å². The zero-order valence-corrected chi connectivity index (χ0v) is 15.1. The quantitative estimate of drug-likeness (QED) is 0.717. The Morgan fingerprint density at radius 2 is 2.04 bits per heavy atom. The number of anilines is 1. The molecule has 4 rings (SSSR count). The highest BCUT2D eigenvalue weighted by molar-refractivity contribution is 5.55. The number of nitrogens with zero attached hydrogens (tertiary/aromatic N) is 5. The summed E-state index contributed by atoms with van der Waals surface area (Å²) in [6.45, 7) is 3.49. The van der Waals surface area contributed by atoms with Crippen LogP contribution in [0.2, 0.25) is 0 Å². The van der Waals surface area contributed by atoms with Crippen molar-refractivity contribution in [3.8, 4) is 11.4 Å². The van der Waals surface area contributed by atoms with Gasteiger partial charge in [0.15, 0.2) is 0 Å². The number of furan rings is 1. The third-order valence-electron chi connectivity index (χ3n) is 4.89. The zero-order chi connectivity index (χ0) is 18.5. The largest absolute Gasteiger partial charge is 0.472 e. The van der Waals surface area contributed by atoms with Crippen molar-refractivity contribution in [3.63, 3.8) is 0 Å². The first kappa shape index (κ1) is 17.6. The molecule has 1 N–H and O–H groups in total. The average molecular weight is 365 g/mol. The lowest BCUT2D eigenvalue weighted by Crippen LogP contribution is -2.53. The van der Waals surface area contributed by atoms with Gasteiger partial charge < -0.3 is 14.4 Å². The molecule has 7 heteroatoms. The molecule has 0 aliphatic carbocycles. The Labute approximate surface area is 158 Å². The number of rotatable bonds is 6. The van der Waals surface area contributed by atoms with E-state index in [4.69, 9.17) is 9.40 Å². The Morgan fingerprint density at radius 3 is 2.81 bits per heavy atom. The first-order chi connectivity index (χ1) is 13.3. The molecule has 1 fully saturated rings. The van der Waals surface area contributed by atoms with Crippen LogP contribution in [-0.2, 0) is 6.54 Å². The van der Waals surface area contributed by atoms with Crippen molar-refractivity contribution in [2.75, 3.05) is 31.1 Å². The molecule has 1 aliphatic rings. The third-order valence-corrected chi connectivity index (χ3v) is 4.89. The summed E-state index contributed by atoms with van der Waals surface area (Å²) in [6, 6.07) is 9.90. The van der Waals surface area contributed by atoms with Crippen LogP contribution in [0.1, 0.15) is 12.0 Å². The first-order valence-electron chi connectivity index (χ1n) is 9.19. The van der Waals surface area contributed by atoms with Gasteiger partial charge in [-0.15, -0.1) is 0 Å². The van der Waals surface area contributed by atoms with E-state index in [0.717, 1.165) is 43.1 Å². The molecule has 0 bridgehead atoms. The maximum absolute atomic E-state index is 9.51. The molecule has 4 heterocycles. The normalized spacial score (nSPS) is 18.0. The van der Waals surface area contributed by atoms with E-state index in [1.807, 2.05) is 30.3 Å². The lowest BCUT2D eigenvalue weighted by molar-refractivity contribution is 0.134. The van der Waals surface area contributed by atoms with Crippen LogP contribution in [0, 0.1) is 0 Å². The highest BCUT2D eigenvalue weighted by Gasteiger charge is 2.28. The van der Waals surface area contributed by atoms with Crippen LogP contribution in [0.4, 0.5) is 5.95 Å². The summed E-state index contributed by atoms with van der Waals surface area (Å²) in [4.78, 5) is 18.1. The van der Waals surface area contributed by atoms with Crippen LogP contribution in [0.5, 0.6) is 0 Å². The maximum Gasteiger partial charge on any atom is 0.226 e. The Kier molecular flexibility index (Phi) is 5.41. The fraction of sp³-hybridized carbons (Fsp3) is 0.350. The van der Waals surface area contributed by atoms with Gasteiger partial charge >= 0.3 is 0 Å². The fourth-order valence-corrected chi connectivity index (χ4v) is 3.48. The van der Waals surface area contributed by atoms with Gasteiger partial charge in [-0.1, -0.05) is 6.07 Å². The van der Waals surface area contributed by atoms with E-state index in [2.05, 4.69) is 19.8 Å². The number of hydrogen-bond acceptors (Lipinski definition) is 7. The number of aliphatic hydroxyl groups excluding tert-OH is 1. The number of hydrogen-bond donors (Lipinski definition) is 1. The second-order valence-electron chi connectivity index (χ2n) is 6.67. The molecule has 1 unspecified atom stereocenters. The highest BCUT2D eigenvalue weighted by Crippen LogP contribution is 2.22. The molecule has 7 nitrogen and oxygen atoms in total. The van der Waals surface area contributed by atoms with Gasteiger partial charge in [-0.2, -0.15) is 0 Å². The predicted molar refractivity (Wildman–Crippen MR) is 102 cm³/mol. The molecular formula is C20H23N5O2. The van der Waals surface area contributed by atoms with Gasteiger partial charge in [-0.3, -0.25) is 9.88 Å². The molecule has 0 aromatic carbocycles. The molecule has 0 spiro atoms. The molecule has 140 valence electrons. The molecule has 0 saturated carbocycles. The minimum absolute atomic E-state index is 0.162. The van der Waals surface area contributed by atoms with E-state index in [-0.39, 0.29) is 12.6 Å². The maximum atomic E-state index is 9.51. The molecule has 3 aromatic heterocycles. The van der Waals surface area contributed by atoms with Crippen LogP contribution in [-0.4, -0.2) is 57.2 Å². The van der Waals surface area contributed by atoms with Crippen molar-refractivity contribution in [3.05, 3.63) is 60.8 Å². The van der Waals surface area contributed by atoms with Gasteiger partial charge in [0.05, 0.1) is 23.9 Å². The Balaban J connectivity index is 1.50. The minimum atomic E-state index is 0.162. The summed E-state index contributed by atoms with van der Waals surface area (Å²) in [5.74, 6) is 0.712. The van der Waals surface area contributed by atoms with E-state index in [0.29, 0.717) is 12.4 Å². The summed E-state index contributed by atoms with van der Waals surface area (Å²) in [6.07, 6.45) is 7.74. The van der Waals surface area contributed by atoms with Crippen LogP contribution < -0.4 is 4.90 Å². The summed E-state index contributed by atoms with van der Waals surface area (Å²) in [5.41, 5.74) is 2.81. The van der Waals surface area contributed by atoms with Gasteiger partial charge in [0, 0.05) is 56.8 Å².